The topological polar surface area (TPSA) is 76.1 Å². The molecule has 1 amide bonds. The van der Waals surface area contributed by atoms with E-state index >= 15 is 0 Å². The largest absolute Gasteiger partial charge is 0.383 e. The van der Waals surface area contributed by atoms with Gasteiger partial charge in [-0.05, 0) is 30.9 Å². The number of nitrogens with one attached hydrogen (secondary N) is 2. The van der Waals surface area contributed by atoms with Crippen LogP contribution >= 0.6 is 11.5 Å². The predicted molar refractivity (Wildman–Crippen MR) is 64.1 cm³/mol. The van der Waals surface area contributed by atoms with E-state index in [2.05, 4.69) is 20.2 Å². The van der Waals surface area contributed by atoms with Gasteiger partial charge in [-0.25, -0.2) is 0 Å². The zero-order valence-corrected chi connectivity index (χ0v) is 10.5. The van der Waals surface area contributed by atoms with Crippen molar-refractivity contribution in [1.29, 1.82) is 0 Å². The summed E-state index contributed by atoms with van der Waals surface area (Å²) in [5.41, 5.74) is 0.244. The minimum Gasteiger partial charge on any atom is -0.383 e. The molecular formula is C10H16N4O2S. The highest BCUT2D eigenvalue weighted by Crippen LogP contribution is 2.18. The number of aromatic nitrogens is 2. The normalized spacial score (nSPS) is 23.8. The molecule has 1 aliphatic heterocycles. The summed E-state index contributed by atoms with van der Waals surface area (Å²) in [7, 11) is 1.67. The Morgan fingerprint density at radius 2 is 2.65 bits per heavy atom. The summed E-state index contributed by atoms with van der Waals surface area (Å²) in [5, 5.41) is 11.6. The lowest BCUT2D eigenvalue weighted by Crippen LogP contribution is -2.53. The van der Waals surface area contributed by atoms with Crippen molar-refractivity contribution in [2.45, 2.75) is 18.4 Å². The van der Waals surface area contributed by atoms with Gasteiger partial charge in [-0.2, -0.15) is 0 Å². The van der Waals surface area contributed by atoms with Gasteiger partial charge in [-0.15, -0.1) is 5.10 Å². The van der Waals surface area contributed by atoms with Crippen molar-refractivity contribution in [3.8, 4) is 0 Å². The molecule has 1 aliphatic rings. The van der Waals surface area contributed by atoms with Crippen LogP contribution in [-0.2, 0) is 4.74 Å². The molecule has 2 rings (SSSR count). The Kier molecular flexibility index (Phi) is 4.03. The van der Waals surface area contributed by atoms with E-state index in [-0.39, 0.29) is 11.4 Å². The van der Waals surface area contributed by atoms with E-state index in [1.165, 1.54) is 11.5 Å². The lowest BCUT2D eigenvalue weighted by Gasteiger charge is -2.28. The van der Waals surface area contributed by atoms with Crippen LogP contribution in [-0.4, -0.2) is 47.8 Å². The molecule has 0 aliphatic carbocycles. The Balaban J connectivity index is 1.89. The Labute approximate surface area is 104 Å². The summed E-state index contributed by atoms with van der Waals surface area (Å²) in [4.78, 5) is 11.7. The number of rotatable bonds is 5. The van der Waals surface area contributed by atoms with Crippen molar-refractivity contribution in [1.82, 2.24) is 20.2 Å². The van der Waals surface area contributed by atoms with E-state index in [1.54, 1.807) is 12.5 Å². The van der Waals surface area contributed by atoms with Gasteiger partial charge in [0.1, 0.15) is 0 Å². The third kappa shape index (κ3) is 2.99. The van der Waals surface area contributed by atoms with Gasteiger partial charge in [0.25, 0.3) is 5.91 Å². The first-order chi connectivity index (χ1) is 8.26. The van der Waals surface area contributed by atoms with Crippen LogP contribution in [0.4, 0.5) is 0 Å². The van der Waals surface area contributed by atoms with Crippen molar-refractivity contribution in [3.05, 3.63) is 11.1 Å². The van der Waals surface area contributed by atoms with Crippen LogP contribution < -0.4 is 10.6 Å². The number of carbonyl (C=O) groups is 1. The smallest absolute Gasteiger partial charge is 0.272 e. The van der Waals surface area contributed by atoms with Gasteiger partial charge in [0.2, 0.25) is 0 Å². The lowest BCUT2D eigenvalue weighted by molar-refractivity contribution is 0.0887. The summed E-state index contributed by atoms with van der Waals surface area (Å²) in [6, 6.07) is 0. The van der Waals surface area contributed by atoms with Crippen molar-refractivity contribution in [3.63, 3.8) is 0 Å². The molecule has 1 saturated heterocycles. The third-order valence-corrected chi connectivity index (χ3v) is 3.44. The van der Waals surface area contributed by atoms with Crippen molar-refractivity contribution < 1.29 is 9.53 Å². The first-order valence-electron chi connectivity index (χ1n) is 5.55. The fourth-order valence-electron chi connectivity index (χ4n) is 2.07. The highest BCUT2D eigenvalue weighted by Gasteiger charge is 2.33. The van der Waals surface area contributed by atoms with E-state index in [0.717, 1.165) is 19.4 Å². The van der Waals surface area contributed by atoms with Crippen LogP contribution in [0.2, 0.25) is 0 Å². The second kappa shape index (κ2) is 5.52. The maximum Gasteiger partial charge on any atom is 0.272 e. The van der Waals surface area contributed by atoms with Crippen LogP contribution in [0.15, 0.2) is 5.38 Å². The summed E-state index contributed by atoms with van der Waals surface area (Å²) >= 11 is 1.17. The number of ether oxygens (including phenoxy) is 1. The summed E-state index contributed by atoms with van der Waals surface area (Å²) in [6.45, 7) is 2.12. The molecule has 2 heterocycles. The maximum atomic E-state index is 11.7. The maximum absolute atomic E-state index is 11.7. The average Bonchev–Trinajstić information content (AvgIpc) is 2.98. The van der Waals surface area contributed by atoms with E-state index in [1.807, 2.05) is 0 Å². The first-order valence-corrected chi connectivity index (χ1v) is 6.39. The molecule has 1 atom stereocenters. The van der Waals surface area contributed by atoms with Crippen LogP contribution in [0, 0.1) is 0 Å². The first kappa shape index (κ1) is 12.4. The molecule has 6 nitrogen and oxygen atoms in total. The highest BCUT2D eigenvalue weighted by molar-refractivity contribution is 7.03. The third-order valence-electron chi connectivity index (χ3n) is 2.93. The van der Waals surface area contributed by atoms with Crippen molar-refractivity contribution >= 4 is 17.4 Å². The Morgan fingerprint density at radius 3 is 3.24 bits per heavy atom. The molecule has 1 unspecified atom stereocenters. The van der Waals surface area contributed by atoms with Crippen molar-refractivity contribution in [2.24, 2.45) is 0 Å². The average molecular weight is 256 g/mol. The molecule has 2 N–H and O–H groups in total. The molecule has 17 heavy (non-hydrogen) atoms. The standard InChI is InChI=1S/C10H16N4O2S/c1-16-7-10(3-2-4-12-10)6-11-9(15)8-5-17-14-13-8/h5,12H,2-4,6-7H2,1H3,(H,11,15). The van der Waals surface area contributed by atoms with Gasteiger partial charge in [0.15, 0.2) is 5.69 Å². The van der Waals surface area contributed by atoms with Gasteiger partial charge >= 0.3 is 0 Å². The van der Waals surface area contributed by atoms with Gasteiger partial charge in [0.05, 0.1) is 12.1 Å². The van der Waals surface area contributed by atoms with Gasteiger partial charge in [0, 0.05) is 19.0 Å². The Morgan fingerprint density at radius 1 is 1.76 bits per heavy atom. The second-order valence-corrected chi connectivity index (χ2v) is 4.83. The molecule has 1 aromatic rings. The SMILES string of the molecule is COCC1(CNC(=O)c2csnn2)CCCN1. The summed E-state index contributed by atoms with van der Waals surface area (Å²) in [5.74, 6) is -0.178. The minimum absolute atomic E-state index is 0.131. The number of hydrogen-bond donors (Lipinski definition) is 2. The molecule has 94 valence electrons. The predicted octanol–water partition coefficient (Wildman–Crippen LogP) is 0.0365. The monoisotopic (exact) mass is 256 g/mol. The fourth-order valence-corrected chi connectivity index (χ4v) is 2.51. The summed E-state index contributed by atoms with van der Waals surface area (Å²) < 4.78 is 8.88. The van der Waals surface area contributed by atoms with Crippen LogP contribution in [0.5, 0.6) is 0 Å². The van der Waals surface area contributed by atoms with Crippen LogP contribution in [0.3, 0.4) is 0 Å². The van der Waals surface area contributed by atoms with E-state index < -0.39 is 0 Å². The van der Waals surface area contributed by atoms with Gasteiger partial charge < -0.3 is 15.4 Å². The van der Waals surface area contributed by atoms with E-state index in [9.17, 15) is 4.79 Å². The molecule has 1 fully saturated rings. The Hall–Kier alpha value is -1.05. The summed E-state index contributed by atoms with van der Waals surface area (Å²) in [6.07, 6.45) is 2.12. The van der Waals surface area contributed by atoms with Crippen LogP contribution in [0.1, 0.15) is 23.3 Å². The van der Waals surface area contributed by atoms with Gasteiger partial charge in [-0.3, -0.25) is 4.79 Å². The highest BCUT2D eigenvalue weighted by atomic mass is 32.1. The van der Waals surface area contributed by atoms with Gasteiger partial charge in [-0.1, -0.05) is 4.49 Å². The zero-order chi connectivity index (χ0) is 12.1. The number of amides is 1. The molecule has 7 heteroatoms. The van der Waals surface area contributed by atoms with E-state index in [4.69, 9.17) is 4.74 Å². The van der Waals surface area contributed by atoms with Crippen LogP contribution in [0.25, 0.3) is 0 Å². The number of hydrogen-bond acceptors (Lipinski definition) is 6. The molecule has 0 radical (unpaired) electrons. The molecule has 0 bridgehead atoms. The number of nitrogens with zero attached hydrogens (tertiary/aromatic N) is 2. The Bertz CT molecular complexity index is 362. The zero-order valence-electron chi connectivity index (χ0n) is 9.73. The molecule has 1 aromatic heterocycles. The quantitative estimate of drug-likeness (QED) is 0.777. The lowest BCUT2D eigenvalue weighted by atomic mass is 9.98. The number of carbonyl (C=O) groups excluding carboxylic acids is 1. The molecular weight excluding hydrogens is 240 g/mol. The van der Waals surface area contributed by atoms with Crippen molar-refractivity contribution in [2.75, 3.05) is 26.8 Å². The number of methoxy groups -OCH3 is 1. The molecule has 0 spiro atoms. The molecule has 0 aromatic carbocycles. The minimum atomic E-state index is -0.178. The second-order valence-electron chi connectivity index (χ2n) is 4.22. The molecule has 0 saturated carbocycles. The van der Waals surface area contributed by atoms with E-state index in [0.29, 0.717) is 18.8 Å². The fraction of sp³-hybridized carbons (Fsp3) is 0.700.